The van der Waals surface area contributed by atoms with E-state index in [1.807, 2.05) is 61.5 Å². The van der Waals surface area contributed by atoms with Crippen LogP contribution in [0.5, 0.6) is 11.8 Å². The minimum Gasteiger partial charge on any atom is -0.486 e. The van der Waals surface area contributed by atoms with E-state index >= 15 is 0 Å². The molecule has 2 aromatic carbocycles. The standard InChI is InChI=1S/C23H22ClN5O2/c1-15(13-25)31-23-28-20-8-3-2-7-18(20)22(29-23)27-16-9-10-21(19(24)12-16)30-14-17-6-4-5-11-26-17/h2-12,15H,13-14,25H2,1H3,(H,27,28,29)/t15-/m1/s1. The summed E-state index contributed by atoms with van der Waals surface area (Å²) in [5, 5.41) is 4.65. The molecule has 31 heavy (non-hydrogen) atoms. The number of anilines is 2. The lowest BCUT2D eigenvalue weighted by Gasteiger charge is -2.15. The van der Waals surface area contributed by atoms with Crippen molar-refractivity contribution in [2.24, 2.45) is 5.73 Å². The number of ether oxygens (including phenoxy) is 2. The maximum atomic E-state index is 6.44. The number of hydrogen-bond acceptors (Lipinski definition) is 7. The topological polar surface area (TPSA) is 95.2 Å². The fourth-order valence-electron chi connectivity index (χ4n) is 2.90. The average molecular weight is 436 g/mol. The number of benzene rings is 2. The molecule has 1 atom stereocenters. The highest BCUT2D eigenvalue weighted by Crippen LogP contribution is 2.31. The molecule has 0 bridgehead atoms. The van der Waals surface area contributed by atoms with Gasteiger partial charge in [-0.1, -0.05) is 29.8 Å². The van der Waals surface area contributed by atoms with Crippen molar-refractivity contribution in [3.05, 3.63) is 77.6 Å². The summed E-state index contributed by atoms with van der Waals surface area (Å²) in [4.78, 5) is 13.2. The van der Waals surface area contributed by atoms with Gasteiger partial charge < -0.3 is 20.5 Å². The van der Waals surface area contributed by atoms with Crippen LogP contribution >= 0.6 is 11.6 Å². The van der Waals surface area contributed by atoms with Crippen LogP contribution in [0, 0.1) is 0 Å². The average Bonchev–Trinajstić information content (AvgIpc) is 2.79. The van der Waals surface area contributed by atoms with Crippen LogP contribution in [0.15, 0.2) is 66.9 Å². The molecule has 4 rings (SSSR count). The SMILES string of the molecule is C[C@H](CN)Oc1nc(Nc2ccc(OCc3ccccn3)c(Cl)c2)c2ccccc2n1. The third-order valence-electron chi connectivity index (χ3n) is 4.52. The van der Waals surface area contributed by atoms with Gasteiger partial charge in [0.2, 0.25) is 0 Å². The summed E-state index contributed by atoms with van der Waals surface area (Å²) >= 11 is 6.44. The van der Waals surface area contributed by atoms with Gasteiger partial charge in [-0.2, -0.15) is 9.97 Å². The molecule has 0 spiro atoms. The van der Waals surface area contributed by atoms with E-state index < -0.39 is 0 Å². The second kappa shape index (κ2) is 9.59. The molecular formula is C23H22ClN5O2. The molecule has 158 valence electrons. The Bertz CT molecular complexity index is 1170. The minimum absolute atomic E-state index is 0.195. The first-order valence-electron chi connectivity index (χ1n) is 9.85. The summed E-state index contributed by atoms with van der Waals surface area (Å²) in [6.45, 7) is 2.58. The molecule has 7 nitrogen and oxygen atoms in total. The van der Waals surface area contributed by atoms with Crippen molar-refractivity contribution in [2.75, 3.05) is 11.9 Å². The number of hydrogen-bond donors (Lipinski definition) is 2. The number of rotatable bonds is 8. The number of nitrogens with zero attached hydrogens (tertiary/aromatic N) is 3. The lowest BCUT2D eigenvalue weighted by molar-refractivity contribution is 0.212. The Balaban J connectivity index is 1.56. The number of nitrogens with two attached hydrogens (primary N) is 1. The van der Waals surface area contributed by atoms with E-state index in [0.29, 0.717) is 29.7 Å². The van der Waals surface area contributed by atoms with Crippen molar-refractivity contribution in [1.29, 1.82) is 0 Å². The van der Waals surface area contributed by atoms with Crippen LogP contribution in [-0.2, 0) is 6.61 Å². The van der Waals surface area contributed by atoms with Crippen LogP contribution in [0.4, 0.5) is 11.5 Å². The number of aromatic nitrogens is 3. The second-order valence-corrected chi connectivity index (χ2v) is 7.32. The van der Waals surface area contributed by atoms with Gasteiger partial charge in [-0.3, -0.25) is 4.98 Å². The van der Waals surface area contributed by atoms with Crippen molar-refractivity contribution in [3.8, 4) is 11.8 Å². The smallest absolute Gasteiger partial charge is 0.319 e. The molecule has 0 saturated carbocycles. The minimum atomic E-state index is -0.195. The highest BCUT2D eigenvalue weighted by molar-refractivity contribution is 6.32. The largest absolute Gasteiger partial charge is 0.486 e. The Morgan fingerprint density at radius 1 is 1.06 bits per heavy atom. The fraction of sp³-hybridized carbons (Fsp3) is 0.174. The summed E-state index contributed by atoms with van der Waals surface area (Å²) in [6, 6.07) is 19.1. The number of pyridine rings is 1. The van der Waals surface area contributed by atoms with Crippen LogP contribution in [0.3, 0.4) is 0 Å². The Hall–Kier alpha value is -3.42. The molecule has 0 unspecified atom stereocenters. The maximum Gasteiger partial charge on any atom is 0.319 e. The van der Waals surface area contributed by atoms with Gasteiger partial charge in [-0.15, -0.1) is 0 Å². The molecule has 0 amide bonds. The van der Waals surface area contributed by atoms with Gasteiger partial charge in [-0.05, 0) is 49.4 Å². The first-order chi connectivity index (χ1) is 15.1. The van der Waals surface area contributed by atoms with Gasteiger partial charge in [0.1, 0.15) is 24.3 Å². The van der Waals surface area contributed by atoms with Gasteiger partial charge in [-0.25, -0.2) is 0 Å². The molecule has 4 aromatic rings. The Morgan fingerprint density at radius 3 is 2.68 bits per heavy atom. The van der Waals surface area contributed by atoms with E-state index in [-0.39, 0.29) is 12.1 Å². The summed E-state index contributed by atoms with van der Waals surface area (Å²) in [5.74, 6) is 1.19. The first kappa shape index (κ1) is 20.8. The monoisotopic (exact) mass is 435 g/mol. The molecule has 8 heteroatoms. The summed E-state index contributed by atoms with van der Waals surface area (Å²) in [5.41, 5.74) is 8.01. The van der Waals surface area contributed by atoms with Crippen LogP contribution in [0.25, 0.3) is 10.9 Å². The van der Waals surface area contributed by atoms with Crippen LogP contribution in [0.2, 0.25) is 5.02 Å². The summed E-state index contributed by atoms with van der Waals surface area (Å²) in [7, 11) is 0. The number of halogens is 1. The zero-order chi connectivity index (χ0) is 21.6. The molecule has 3 N–H and O–H groups in total. The molecule has 2 aromatic heterocycles. The van der Waals surface area contributed by atoms with Gasteiger partial charge in [0.25, 0.3) is 0 Å². The third kappa shape index (κ3) is 5.20. The Morgan fingerprint density at radius 2 is 1.90 bits per heavy atom. The third-order valence-corrected chi connectivity index (χ3v) is 4.81. The van der Waals surface area contributed by atoms with Crippen LogP contribution < -0.4 is 20.5 Å². The van der Waals surface area contributed by atoms with Crippen molar-refractivity contribution < 1.29 is 9.47 Å². The van der Waals surface area contributed by atoms with Gasteiger partial charge in [0.05, 0.1) is 16.2 Å². The zero-order valence-corrected chi connectivity index (χ0v) is 17.7. The van der Waals surface area contributed by atoms with E-state index in [1.54, 1.807) is 12.3 Å². The summed E-state index contributed by atoms with van der Waals surface area (Å²) < 4.78 is 11.5. The number of para-hydroxylation sites is 1. The normalized spacial score (nSPS) is 11.8. The van der Waals surface area contributed by atoms with Gasteiger partial charge >= 0.3 is 6.01 Å². The number of fused-ring (bicyclic) bond motifs is 1. The maximum absolute atomic E-state index is 6.44. The van der Waals surface area contributed by atoms with Crippen molar-refractivity contribution >= 4 is 34.0 Å². The molecule has 0 aliphatic carbocycles. The van der Waals surface area contributed by atoms with Gasteiger partial charge in [0.15, 0.2) is 0 Å². The molecular weight excluding hydrogens is 414 g/mol. The Kier molecular flexibility index (Phi) is 6.45. The predicted molar refractivity (Wildman–Crippen MR) is 122 cm³/mol. The molecule has 0 radical (unpaired) electrons. The van der Waals surface area contributed by atoms with Crippen molar-refractivity contribution in [1.82, 2.24) is 15.0 Å². The summed E-state index contributed by atoms with van der Waals surface area (Å²) in [6.07, 6.45) is 1.53. The van der Waals surface area contributed by atoms with Gasteiger partial charge in [0, 0.05) is 23.8 Å². The first-order valence-corrected chi connectivity index (χ1v) is 10.2. The molecule has 0 aliphatic heterocycles. The van der Waals surface area contributed by atoms with E-state index in [4.69, 9.17) is 26.8 Å². The lowest BCUT2D eigenvalue weighted by Crippen LogP contribution is -2.23. The molecule has 0 saturated heterocycles. The second-order valence-electron chi connectivity index (χ2n) is 6.92. The molecule has 0 aliphatic rings. The quantitative estimate of drug-likeness (QED) is 0.413. The Labute approximate surface area is 185 Å². The fourth-order valence-corrected chi connectivity index (χ4v) is 3.13. The highest BCUT2D eigenvalue weighted by Gasteiger charge is 2.12. The van der Waals surface area contributed by atoms with E-state index in [1.165, 1.54) is 0 Å². The predicted octanol–water partition coefficient (Wildman–Crippen LogP) is 4.73. The highest BCUT2D eigenvalue weighted by atomic mass is 35.5. The van der Waals surface area contributed by atoms with Crippen molar-refractivity contribution in [2.45, 2.75) is 19.6 Å². The van der Waals surface area contributed by atoms with Crippen LogP contribution in [-0.4, -0.2) is 27.6 Å². The lowest BCUT2D eigenvalue weighted by atomic mass is 10.2. The van der Waals surface area contributed by atoms with Crippen molar-refractivity contribution in [3.63, 3.8) is 0 Å². The van der Waals surface area contributed by atoms with E-state index in [9.17, 15) is 0 Å². The van der Waals surface area contributed by atoms with E-state index in [0.717, 1.165) is 22.3 Å². The number of nitrogens with one attached hydrogen (secondary N) is 1. The molecule has 0 fully saturated rings. The zero-order valence-electron chi connectivity index (χ0n) is 17.0. The molecule has 2 heterocycles. The van der Waals surface area contributed by atoms with Crippen LogP contribution in [0.1, 0.15) is 12.6 Å². The van der Waals surface area contributed by atoms with E-state index in [2.05, 4.69) is 20.3 Å².